The highest BCUT2D eigenvalue weighted by Gasteiger charge is 2.07. The maximum absolute atomic E-state index is 10.4. The quantitative estimate of drug-likeness (QED) is 0.790. The Bertz CT molecular complexity index is 351. The molecule has 82 valence electrons. The molecule has 1 heterocycles. The summed E-state index contributed by atoms with van der Waals surface area (Å²) in [7, 11) is 3.03. The number of hydrogen-bond donors (Lipinski definition) is 1. The number of carboxylic acids is 1. The molecule has 0 amide bonds. The van der Waals surface area contributed by atoms with Crippen LogP contribution >= 0.6 is 0 Å². The van der Waals surface area contributed by atoms with E-state index >= 15 is 0 Å². The Morgan fingerprint density at radius 3 is 2.73 bits per heavy atom. The van der Waals surface area contributed by atoms with E-state index in [2.05, 4.69) is 4.98 Å². The number of rotatable bonds is 5. The fourth-order valence-corrected chi connectivity index (χ4v) is 1.20. The summed E-state index contributed by atoms with van der Waals surface area (Å²) < 4.78 is 10.0. The normalized spacial score (nSPS) is 9.73. The summed E-state index contributed by atoms with van der Waals surface area (Å²) in [6.07, 6.45) is 1.98. The van der Waals surface area contributed by atoms with Gasteiger partial charge in [-0.1, -0.05) is 0 Å². The van der Waals surface area contributed by atoms with Crippen molar-refractivity contribution in [3.8, 4) is 11.6 Å². The number of carbonyl (C=O) groups is 1. The zero-order valence-electron chi connectivity index (χ0n) is 8.69. The van der Waals surface area contributed by atoms with Gasteiger partial charge in [-0.05, 0) is 6.42 Å². The third-order valence-corrected chi connectivity index (χ3v) is 1.96. The summed E-state index contributed by atoms with van der Waals surface area (Å²) in [4.78, 5) is 14.4. The van der Waals surface area contributed by atoms with Crippen LogP contribution in [-0.4, -0.2) is 30.3 Å². The molecule has 0 saturated carbocycles. The van der Waals surface area contributed by atoms with E-state index in [1.807, 2.05) is 0 Å². The number of pyridine rings is 1. The van der Waals surface area contributed by atoms with Gasteiger partial charge in [0.05, 0.1) is 20.4 Å². The highest BCUT2D eigenvalue weighted by Crippen LogP contribution is 2.22. The Labute approximate surface area is 87.7 Å². The Morgan fingerprint density at radius 2 is 2.20 bits per heavy atom. The van der Waals surface area contributed by atoms with Crippen LogP contribution < -0.4 is 9.47 Å². The van der Waals surface area contributed by atoms with Gasteiger partial charge in [0.1, 0.15) is 5.75 Å². The number of hydrogen-bond acceptors (Lipinski definition) is 4. The van der Waals surface area contributed by atoms with Crippen LogP contribution in [0.1, 0.15) is 12.0 Å². The summed E-state index contributed by atoms with van der Waals surface area (Å²) >= 11 is 0. The van der Waals surface area contributed by atoms with Crippen LogP contribution in [0.15, 0.2) is 12.3 Å². The van der Waals surface area contributed by atoms with E-state index in [4.69, 9.17) is 14.6 Å². The largest absolute Gasteiger partial charge is 0.495 e. The molecule has 0 radical (unpaired) electrons. The number of nitrogens with zero attached hydrogens (tertiary/aromatic N) is 1. The van der Waals surface area contributed by atoms with Crippen molar-refractivity contribution in [1.82, 2.24) is 4.98 Å². The lowest BCUT2D eigenvalue weighted by molar-refractivity contribution is -0.136. The van der Waals surface area contributed by atoms with Gasteiger partial charge in [-0.15, -0.1) is 0 Å². The molecular formula is C10H13NO4. The van der Waals surface area contributed by atoms with E-state index in [1.165, 1.54) is 20.4 Å². The number of ether oxygens (including phenoxy) is 2. The van der Waals surface area contributed by atoms with E-state index in [-0.39, 0.29) is 6.42 Å². The monoisotopic (exact) mass is 211 g/mol. The number of aromatic nitrogens is 1. The Balaban J connectivity index is 2.85. The molecule has 1 aromatic heterocycles. The summed E-state index contributed by atoms with van der Waals surface area (Å²) in [5.74, 6) is 0.195. The maximum Gasteiger partial charge on any atom is 0.303 e. The zero-order valence-corrected chi connectivity index (χ0v) is 8.69. The summed E-state index contributed by atoms with van der Waals surface area (Å²) in [6.45, 7) is 0. The zero-order chi connectivity index (χ0) is 11.3. The molecule has 0 fully saturated rings. The number of aryl methyl sites for hydroxylation is 1. The fraction of sp³-hybridized carbons (Fsp3) is 0.400. The highest BCUT2D eigenvalue weighted by molar-refractivity contribution is 5.67. The molecule has 1 rings (SSSR count). The average Bonchev–Trinajstić information content (AvgIpc) is 2.25. The van der Waals surface area contributed by atoms with Crippen LogP contribution in [0.4, 0.5) is 0 Å². The lowest BCUT2D eigenvalue weighted by atomic mass is 10.1. The van der Waals surface area contributed by atoms with Gasteiger partial charge in [-0.3, -0.25) is 4.79 Å². The predicted octanol–water partition coefficient (Wildman–Crippen LogP) is 1.12. The van der Waals surface area contributed by atoms with E-state index in [9.17, 15) is 4.79 Å². The van der Waals surface area contributed by atoms with Gasteiger partial charge in [0, 0.05) is 18.1 Å². The topological polar surface area (TPSA) is 68.7 Å². The van der Waals surface area contributed by atoms with Crippen LogP contribution in [0.25, 0.3) is 0 Å². The molecule has 0 saturated heterocycles. The van der Waals surface area contributed by atoms with Crippen molar-refractivity contribution in [1.29, 1.82) is 0 Å². The molecule has 0 aliphatic carbocycles. The first kappa shape index (κ1) is 11.3. The van der Waals surface area contributed by atoms with Gasteiger partial charge in [-0.25, -0.2) is 4.98 Å². The second-order valence-electron chi connectivity index (χ2n) is 2.93. The molecule has 5 heteroatoms. The average molecular weight is 211 g/mol. The molecule has 1 aromatic rings. The van der Waals surface area contributed by atoms with Crippen LogP contribution in [0.5, 0.6) is 11.6 Å². The summed E-state index contributed by atoms with van der Waals surface area (Å²) in [5, 5.41) is 8.58. The molecule has 0 spiro atoms. The van der Waals surface area contributed by atoms with Crippen molar-refractivity contribution >= 4 is 5.97 Å². The van der Waals surface area contributed by atoms with Crippen LogP contribution in [0.3, 0.4) is 0 Å². The second kappa shape index (κ2) is 5.19. The Morgan fingerprint density at radius 1 is 1.47 bits per heavy atom. The van der Waals surface area contributed by atoms with Gasteiger partial charge >= 0.3 is 5.97 Å². The molecule has 0 unspecified atom stereocenters. The van der Waals surface area contributed by atoms with Gasteiger partial charge in [0.2, 0.25) is 5.88 Å². The van der Waals surface area contributed by atoms with Crippen molar-refractivity contribution in [2.45, 2.75) is 12.8 Å². The smallest absolute Gasteiger partial charge is 0.303 e. The van der Waals surface area contributed by atoms with Crippen molar-refractivity contribution in [2.24, 2.45) is 0 Å². The van der Waals surface area contributed by atoms with Crippen LogP contribution in [0, 0.1) is 0 Å². The molecule has 0 bridgehead atoms. The first-order chi connectivity index (χ1) is 7.17. The minimum absolute atomic E-state index is 0.0591. The van der Waals surface area contributed by atoms with Crippen LogP contribution in [0.2, 0.25) is 0 Å². The lowest BCUT2D eigenvalue weighted by Crippen LogP contribution is -2.01. The van der Waals surface area contributed by atoms with E-state index in [0.717, 1.165) is 5.56 Å². The summed E-state index contributed by atoms with van der Waals surface area (Å²) in [6, 6.07) is 1.68. The second-order valence-corrected chi connectivity index (χ2v) is 2.93. The predicted molar refractivity (Wildman–Crippen MR) is 53.3 cm³/mol. The van der Waals surface area contributed by atoms with Gasteiger partial charge in [-0.2, -0.15) is 0 Å². The molecule has 1 N–H and O–H groups in total. The minimum Gasteiger partial charge on any atom is -0.495 e. The maximum atomic E-state index is 10.4. The lowest BCUT2D eigenvalue weighted by Gasteiger charge is -2.08. The number of methoxy groups -OCH3 is 2. The van der Waals surface area contributed by atoms with Crippen molar-refractivity contribution in [3.05, 3.63) is 17.8 Å². The van der Waals surface area contributed by atoms with Crippen LogP contribution in [-0.2, 0) is 11.2 Å². The Kier molecular flexibility index (Phi) is 3.91. The third-order valence-electron chi connectivity index (χ3n) is 1.96. The standard InChI is InChI=1S/C10H13NO4/c1-14-8-6-11-9(15-2)5-7(8)3-4-10(12)13/h5-6H,3-4H2,1-2H3,(H,12,13). The van der Waals surface area contributed by atoms with E-state index in [0.29, 0.717) is 18.1 Å². The third kappa shape index (κ3) is 3.12. The molecular weight excluding hydrogens is 198 g/mol. The van der Waals surface area contributed by atoms with E-state index < -0.39 is 5.97 Å². The Hall–Kier alpha value is -1.78. The molecule has 15 heavy (non-hydrogen) atoms. The highest BCUT2D eigenvalue weighted by atomic mass is 16.5. The molecule has 0 atom stereocenters. The number of carboxylic acid groups (broad SMARTS) is 1. The van der Waals surface area contributed by atoms with Crippen molar-refractivity contribution in [2.75, 3.05) is 14.2 Å². The van der Waals surface area contributed by atoms with Gasteiger partial charge < -0.3 is 14.6 Å². The van der Waals surface area contributed by atoms with Crippen molar-refractivity contribution < 1.29 is 19.4 Å². The molecule has 5 nitrogen and oxygen atoms in total. The SMILES string of the molecule is COc1cc(CCC(=O)O)c(OC)cn1. The molecule has 0 aromatic carbocycles. The van der Waals surface area contributed by atoms with Crippen molar-refractivity contribution in [3.63, 3.8) is 0 Å². The summed E-state index contributed by atoms with van der Waals surface area (Å²) in [5.41, 5.74) is 0.784. The first-order valence-corrected chi connectivity index (χ1v) is 4.46. The minimum atomic E-state index is -0.840. The van der Waals surface area contributed by atoms with Gasteiger partial charge in [0.25, 0.3) is 0 Å². The first-order valence-electron chi connectivity index (χ1n) is 4.46. The fourth-order valence-electron chi connectivity index (χ4n) is 1.20. The molecule has 0 aliphatic heterocycles. The van der Waals surface area contributed by atoms with Gasteiger partial charge in [0.15, 0.2) is 0 Å². The molecule has 0 aliphatic rings. The number of aliphatic carboxylic acids is 1. The van der Waals surface area contributed by atoms with E-state index in [1.54, 1.807) is 6.07 Å².